The maximum atomic E-state index is 3.59. The van der Waals surface area contributed by atoms with Crippen LogP contribution < -0.4 is 5.32 Å². The van der Waals surface area contributed by atoms with Crippen molar-refractivity contribution >= 4 is 0 Å². The summed E-state index contributed by atoms with van der Waals surface area (Å²) in [5.41, 5.74) is 0. The van der Waals surface area contributed by atoms with Gasteiger partial charge in [-0.1, -0.05) is 6.92 Å². The van der Waals surface area contributed by atoms with Gasteiger partial charge in [0.25, 0.3) is 0 Å². The smallest absolute Gasteiger partial charge is 0.00391 e. The van der Waals surface area contributed by atoms with Crippen LogP contribution in [0, 0.1) is 11.8 Å². The maximum Gasteiger partial charge on any atom is 0.00391 e. The highest BCUT2D eigenvalue weighted by atomic mass is 15.1. The van der Waals surface area contributed by atoms with Crippen LogP contribution in [0.1, 0.15) is 58.8 Å². The van der Waals surface area contributed by atoms with Gasteiger partial charge in [0.1, 0.15) is 0 Å². The van der Waals surface area contributed by atoms with Crippen LogP contribution in [-0.2, 0) is 0 Å². The molecule has 2 nitrogen and oxygen atoms in total. The van der Waals surface area contributed by atoms with Crippen LogP contribution in [-0.4, -0.2) is 37.1 Å². The molecule has 106 valence electrons. The van der Waals surface area contributed by atoms with Gasteiger partial charge in [-0.3, -0.25) is 0 Å². The third-order valence-corrected chi connectivity index (χ3v) is 4.28. The number of nitrogens with one attached hydrogen (secondary N) is 1. The Bertz CT molecular complexity index is 207. The normalized spacial score (nSPS) is 21.5. The summed E-state index contributed by atoms with van der Waals surface area (Å²) >= 11 is 0. The fraction of sp³-hybridized carbons (Fsp3) is 1.00. The molecule has 0 amide bonds. The number of nitrogens with zero attached hydrogens (tertiary/aromatic N) is 1. The summed E-state index contributed by atoms with van der Waals surface area (Å²) in [5, 5.41) is 3.59. The van der Waals surface area contributed by atoms with Crippen LogP contribution in [0.2, 0.25) is 0 Å². The van der Waals surface area contributed by atoms with Crippen molar-refractivity contribution in [1.82, 2.24) is 10.2 Å². The van der Waals surface area contributed by atoms with Gasteiger partial charge in [0.05, 0.1) is 0 Å². The fourth-order valence-corrected chi connectivity index (χ4v) is 2.70. The highest BCUT2D eigenvalue weighted by Crippen LogP contribution is 2.33. The van der Waals surface area contributed by atoms with Crippen molar-refractivity contribution in [2.75, 3.05) is 26.2 Å². The van der Waals surface area contributed by atoms with Crippen molar-refractivity contribution in [3.05, 3.63) is 0 Å². The van der Waals surface area contributed by atoms with Gasteiger partial charge in [-0.05, 0) is 76.8 Å². The lowest BCUT2D eigenvalue weighted by molar-refractivity contribution is 0.244. The van der Waals surface area contributed by atoms with E-state index in [-0.39, 0.29) is 0 Å². The van der Waals surface area contributed by atoms with E-state index in [9.17, 15) is 0 Å². The van der Waals surface area contributed by atoms with Gasteiger partial charge in [0.2, 0.25) is 0 Å². The molecule has 0 aromatic rings. The van der Waals surface area contributed by atoms with Crippen molar-refractivity contribution < 1.29 is 0 Å². The summed E-state index contributed by atoms with van der Waals surface area (Å²) in [4.78, 5) is 2.77. The van der Waals surface area contributed by atoms with E-state index in [1.807, 2.05) is 0 Å². The Hall–Kier alpha value is -0.0800. The second-order valence-electron chi connectivity index (χ2n) is 6.64. The Balaban J connectivity index is 1.55. The molecule has 0 radical (unpaired) electrons. The summed E-state index contributed by atoms with van der Waals surface area (Å²) in [6.07, 6.45) is 9.94. The average Bonchev–Trinajstić information content (AvgIpc) is 3.22. The molecular formula is C16H32N2. The topological polar surface area (TPSA) is 15.3 Å². The minimum absolute atomic E-state index is 0.702. The second kappa shape index (κ2) is 7.49. The standard InChI is InChI=1S/C16H32N2/c1-3-10-17-14(2)5-4-11-18(12-15-6-7-15)13-16-8-9-16/h14-17H,3-13H2,1-2H3. The van der Waals surface area contributed by atoms with Crippen molar-refractivity contribution in [3.8, 4) is 0 Å². The van der Waals surface area contributed by atoms with E-state index in [4.69, 9.17) is 0 Å². The molecule has 1 N–H and O–H groups in total. The first-order valence-corrected chi connectivity index (χ1v) is 8.23. The lowest BCUT2D eigenvalue weighted by atomic mass is 10.1. The van der Waals surface area contributed by atoms with E-state index >= 15 is 0 Å². The van der Waals surface area contributed by atoms with Crippen LogP contribution in [0.25, 0.3) is 0 Å². The highest BCUT2D eigenvalue weighted by molar-refractivity contribution is 4.82. The van der Waals surface area contributed by atoms with Gasteiger partial charge in [-0.25, -0.2) is 0 Å². The molecule has 0 bridgehead atoms. The Morgan fingerprint density at radius 1 is 1.11 bits per heavy atom. The predicted molar refractivity (Wildman–Crippen MR) is 78.9 cm³/mol. The van der Waals surface area contributed by atoms with E-state index in [1.54, 1.807) is 0 Å². The molecule has 2 rings (SSSR count). The van der Waals surface area contributed by atoms with E-state index < -0.39 is 0 Å². The first-order chi connectivity index (χ1) is 8.78. The molecule has 0 aromatic carbocycles. The minimum atomic E-state index is 0.702. The summed E-state index contributed by atoms with van der Waals surface area (Å²) < 4.78 is 0. The molecule has 0 aliphatic heterocycles. The lowest BCUT2D eigenvalue weighted by Gasteiger charge is -2.23. The third kappa shape index (κ3) is 6.19. The van der Waals surface area contributed by atoms with E-state index in [0.29, 0.717) is 6.04 Å². The van der Waals surface area contributed by atoms with E-state index in [0.717, 1.165) is 11.8 Å². The molecule has 0 aromatic heterocycles. The maximum absolute atomic E-state index is 3.59. The second-order valence-corrected chi connectivity index (χ2v) is 6.64. The summed E-state index contributed by atoms with van der Waals surface area (Å²) in [7, 11) is 0. The van der Waals surface area contributed by atoms with Gasteiger partial charge < -0.3 is 10.2 Å². The first-order valence-electron chi connectivity index (χ1n) is 8.23. The van der Waals surface area contributed by atoms with Crippen LogP contribution in [0.4, 0.5) is 0 Å². The summed E-state index contributed by atoms with van der Waals surface area (Å²) in [5.74, 6) is 2.11. The van der Waals surface area contributed by atoms with E-state index in [1.165, 1.54) is 71.1 Å². The number of rotatable bonds is 11. The van der Waals surface area contributed by atoms with Gasteiger partial charge in [0, 0.05) is 19.1 Å². The van der Waals surface area contributed by atoms with Gasteiger partial charge in [-0.2, -0.15) is 0 Å². The van der Waals surface area contributed by atoms with Crippen LogP contribution in [0.15, 0.2) is 0 Å². The van der Waals surface area contributed by atoms with Crippen molar-refractivity contribution in [1.29, 1.82) is 0 Å². The molecule has 1 atom stereocenters. The average molecular weight is 252 g/mol. The lowest BCUT2D eigenvalue weighted by Crippen LogP contribution is -2.31. The van der Waals surface area contributed by atoms with Gasteiger partial charge in [0.15, 0.2) is 0 Å². The number of hydrogen-bond donors (Lipinski definition) is 1. The molecule has 1 unspecified atom stereocenters. The zero-order chi connectivity index (χ0) is 12.8. The number of hydrogen-bond acceptors (Lipinski definition) is 2. The monoisotopic (exact) mass is 252 g/mol. The van der Waals surface area contributed by atoms with Crippen molar-refractivity contribution in [3.63, 3.8) is 0 Å². The van der Waals surface area contributed by atoms with Crippen molar-refractivity contribution in [2.24, 2.45) is 11.8 Å². The third-order valence-electron chi connectivity index (χ3n) is 4.28. The molecule has 2 fully saturated rings. The van der Waals surface area contributed by atoms with Gasteiger partial charge in [-0.15, -0.1) is 0 Å². The molecule has 18 heavy (non-hydrogen) atoms. The Morgan fingerprint density at radius 2 is 1.72 bits per heavy atom. The molecule has 2 saturated carbocycles. The van der Waals surface area contributed by atoms with Crippen LogP contribution in [0.3, 0.4) is 0 Å². The summed E-state index contributed by atoms with van der Waals surface area (Å²) in [6, 6.07) is 0.702. The molecule has 0 saturated heterocycles. The fourth-order valence-electron chi connectivity index (χ4n) is 2.70. The highest BCUT2D eigenvalue weighted by Gasteiger charge is 2.28. The Kier molecular flexibility index (Phi) is 5.97. The summed E-state index contributed by atoms with van der Waals surface area (Å²) in [6.45, 7) is 9.88. The van der Waals surface area contributed by atoms with Crippen LogP contribution >= 0.6 is 0 Å². The largest absolute Gasteiger partial charge is 0.314 e. The zero-order valence-corrected chi connectivity index (χ0v) is 12.5. The predicted octanol–water partition coefficient (Wildman–Crippen LogP) is 3.28. The van der Waals surface area contributed by atoms with Crippen molar-refractivity contribution in [2.45, 2.75) is 64.8 Å². The molecule has 2 heteroatoms. The quantitative estimate of drug-likeness (QED) is 0.607. The SMILES string of the molecule is CCCNC(C)CCCN(CC1CC1)CC1CC1. The molecule has 0 heterocycles. The Labute approximate surface area is 114 Å². The molecule has 2 aliphatic rings. The Morgan fingerprint density at radius 3 is 2.22 bits per heavy atom. The minimum Gasteiger partial charge on any atom is -0.314 e. The molecule has 0 spiro atoms. The zero-order valence-electron chi connectivity index (χ0n) is 12.5. The first kappa shape index (κ1) is 14.3. The van der Waals surface area contributed by atoms with Gasteiger partial charge >= 0.3 is 0 Å². The molecule has 2 aliphatic carbocycles. The molecular weight excluding hydrogens is 220 g/mol. The van der Waals surface area contributed by atoms with E-state index in [2.05, 4.69) is 24.1 Å². The van der Waals surface area contributed by atoms with Crippen LogP contribution in [0.5, 0.6) is 0 Å².